The Bertz CT molecular complexity index is 127. The molecule has 2 aliphatic carbocycles. The minimum Gasteiger partial charge on any atom is -0.0594 e. The van der Waals surface area contributed by atoms with Gasteiger partial charge in [0.1, 0.15) is 0 Å². The van der Waals surface area contributed by atoms with E-state index in [-0.39, 0.29) is 0 Å². The van der Waals surface area contributed by atoms with Crippen LogP contribution in [0, 0.1) is 11.3 Å². The van der Waals surface area contributed by atoms with Crippen molar-refractivity contribution in [1.82, 2.24) is 0 Å². The van der Waals surface area contributed by atoms with Crippen molar-refractivity contribution in [3.63, 3.8) is 0 Å². The Balaban J connectivity index is 1.94. The van der Waals surface area contributed by atoms with E-state index in [1.54, 1.807) is 0 Å². The van der Waals surface area contributed by atoms with Gasteiger partial charge in [-0.05, 0) is 37.0 Å². The molecule has 2 aliphatic rings. The van der Waals surface area contributed by atoms with Gasteiger partial charge in [-0.25, -0.2) is 0 Å². The van der Waals surface area contributed by atoms with E-state index in [9.17, 15) is 0 Å². The Kier molecular flexibility index (Phi) is 1.95. The molecule has 0 radical (unpaired) electrons. The Morgan fingerprint density at radius 3 is 2.00 bits per heavy atom. The topological polar surface area (TPSA) is 0 Å². The Morgan fingerprint density at radius 2 is 1.55 bits per heavy atom. The van der Waals surface area contributed by atoms with Gasteiger partial charge in [0.25, 0.3) is 0 Å². The van der Waals surface area contributed by atoms with Gasteiger partial charge in [0, 0.05) is 0 Å². The van der Waals surface area contributed by atoms with E-state index in [1.165, 1.54) is 51.4 Å². The van der Waals surface area contributed by atoms with Crippen molar-refractivity contribution >= 4 is 0 Å². The fraction of sp³-hybridized carbons (Fsp3) is 1.00. The van der Waals surface area contributed by atoms with E-state index >= 15 is 0 Å². The molecule has 0 amide bonds. The monoisotopic (exact) mass is 152 g/mol. The van der Waals surface area contributed by atoms with Crippen LogP contribution in [-0.2, 0) is 0 Å². The molecular formula is C11H20. The molecule has 0 aromatic heterocycles. The molecule has 0 heteroatoms. The molecule has 2 rings (SSSR count). The first-order chi connectivity index (χ1) is 5.31. The SMILES string of the molecule is CC1(C2CCC2)CCCCC1. The Hall–Kier alpha value is 0. The van der Waals surface area contributed by atoms with E-state index in [2.05, 4.69) is 6.92 Å². The second-order valence-electron chi connectivity index (χ2n) is 4.84. The van der Waals surface area contributed by atoms with Crippen molar-refractivity contribution in [3.8, 4) is 0 Å². The summed E-state index contributed by atoms with van der Waals surface area (Å²) in [7, 11) is 0. The molecule has 0 spiro atoms. The fourth-order valence-electron chi connectivity index (χ4n) is 2.87. The molecule has 0 aliphatic heterocycles. The molecule has 0 atom stereocenters. The van der Waals surface area contributed by atoms with Crippen LogP contribution < -0.4 is 0 Å². The molecule has 0 unspecified atom stereocenters. The first-order valence-electron chi connectivity index (χ1n) is 5.31. The summed E-state index contributed by atoms with van der Waals surface area (Å²) in [6.45, 7) is 2.54. The molecule has 0 nitrogen and oxygen atoms in total. The molecule has 11 heavy (non-hydrogen) atoms. The van der Waals surface area contributed by atoms with Crippen LogP contribution in [0.2, 0.25) is 0 Å². The third kappa shape index (κ3) is 1.32. The first-order valence-corrected chi connectivity index (χ1v) is 5.31. The van der Waals surface area contributed by atoms with Gasteiger partial charge in [-0.15, -0.1) is 0 Å². The molecule has 2 fully saturated rings. The lowest BCUT2D eigenvalue weighted by atomic mass is 9.60. The maximum absolute atomic E-state index is 2.54. The third-order valence-electron chi connectivity index (χ3n) is 4.09. The summed E-state index contributed by atoms with van der Waals surface area (Å²) in [5.41, 5.74) is 0.774. The second kappa shape index (κ2) is 2.80. The van der Waals surface area contributed by atoms with Gasteiger partial charge in [0.05, 0.1) is 0 Å². The maximum Gasteiger partial charge on any atom is -0.0298 e. The van der Waals surface area contributed by atoms with Crippen LogP contribution >= 0.6 is 0 Å². The van der Waals surface area contributed by atoms with Crippen molar-refractivity contribution < 1.29 is 0 Å². The first kappa shape index (κ1) is 7.64. The van der Waals surface area contributed by atoms with Crippen molar-refractivity contribution in [2.24, 2.45) is 11.3 Å². The molecule has 0 aromatic rings. The van der Waals surface area contributed by atoms with Gasteiger partial charge in [0.15, 0.2) is 0 Å². The summed E-state index contributed by atoms with van der Waals surface area (Å²) in [5.74, 6) is 1.11. The highest BCUT2D eigenvalue weighted by Crippen LogP contribution is 2.50. The van der Waals surface area contributed by atoms with E-state index < -0.39 is 0 Å². The molecule has 0 bridgehead atoms. The lowest BCUT2D eigenvalue weighted by molar-refractivity contribution is 0.0596. The van der Waals surface area contributed by atoms with Gasteiger partial charge in [-0.3, -0.25) is 0 Å². The zero-order chi connectivity index (χ0) is 7.73. The molecule has 0 heterocycles. The zero-order valence-electron chi connectivity index (χ0n) is 7.73. The summed E-state index contributed by atoms with van der Waals surface area (Å²) in [5, 5.41) is 0. The standard InChI is InChI=1S/C11H20/c1-11(10-6-5-7-10)8-3-2-4-9-11/h10H,2-9H2,1H3. The summed E-state index contributed by atoms with van der Waals surface area (Å²) in [6.07, 6.45) is 12.2. The van der Waals surface area contributed by atoms with Crippen molar-refractivity contribution in [2.75, 3.05) is 0 Å². The second-order valence-corrected chi connectivity index (χ2v) is 4.84. The molecule has 0 aromatic carbocycles. The zero-order valence-corrected chi connectivity index (χ0v) is 7.73. The Labute approximate surface area is 70.4 Å². The normalized spacial score (nSPS) is 31.4. The molecule has 0 N–H and O–H groups in total. The van der Waals surface area contributed by atoms with E-state index in [1.807, 2.05) is 0 Å². The summed E-state index contributed by atoms with van der Waals surface area (Å²) in [6, 6.07) is 0. The molecule has 64 valence electrons. The van der Waals surface area contributed by atoms with Crippen LogP contribution in [-0.4, -0.2) is 0 Å². The lowest BCUT2D eigenvalue weighted by Crippen LogP contribution is -2.34. The average molecular weight is 152 g/mol. The predicted octanol–water partition coefficient (Wildman–Crippen LogP) is 3.76. The third-order valence-corrected chi connectivity index (χ3v) is 4.09. The highest BCUT2D eigenvalue weighted by atomic mass is 14.4. The maximum atomic E-state index is 2.54. The summed E-state index contributed by atoms with van der Waals surface area (Å²) >= 11 is 0. The van der Waals surface area contributed by atoms with Crippen LogP contribution in [0.25, 0.3) is 0 Å². The van der Waals surface area contributed by atoms with Gasteiger partial charge in [-0.1, -0.05) is 32.6 Å². The Morgan fingerprint density at radius 1 is 0.909 bits per heavy atom. The quantitative estimate of drug-likeness (QED) is 0.536. The summed E-state index contributed by atoms with van der Waals surface area (Å²) in [4.78, 5) is 0. The number of hydrogen-bond donors (Lipinski definition) is 0. The fourth-order valence-corrected chi connectivity index (χ4v) is 2.87. The molecule has 2 saturated carbocycles. The highest BCUT2D eigenvalue weighted by Gasteiger charge is 2.38. The van der Waals surface area contributed by atoms with Crippen molar-refractivity contribution in [1.29, 1.82) is 0 Å². The van der Waals surface area contributed by atoms with Crippen LogP contribution in [0.4, 0.5) is 0 Å². The number of rotatable bonds is 1. The van der Waals surface area contributed by atoms with Gasteiger partial charge < -0.3 is 0 Å². The largest absolute Gasteiger partial charge is 0.0594 e. The van der Waals surface area contributed by atoms with Crippen LogP contribution in [0.15, 0.2) is 0 Å². The van der Waals surface area contributed by atoms with Crippen molar-refractivity contribution in [2.45, 2.75) is 58.3 Å². The minimum atomic E-state index is 0.774. The van der Waals surface area contributed by atoms with Crippen LogP contribution in [0.1, 0.15) is 58.3 Å². The summed E-state index contributed by atoms with van der Waals surface area (Å²) < 4.78 is 0. The van der Waals surface area contributed by atoms with Gasteiger partial charge in [0.2, 0.25) is 0 Å². The molecule has 0 saturated heterocycles. The average Bonchev–Trinajstić information content (AvgIpc) is 1.83. The predicted molar refractivity (Wildman–Crippen MR) is 48.5 cm³/mol. The van der Waals surface area contributed by atoms with E-state index in [0.29, 0.717) is 0 Å². The van der Waals surface area contributed by atoms with Gasteiger partial charge >= 0.3 is 0 Å². The lowest BCUT2D eigenvalue weighted by Gasteiger charge is -2.45. The van der Waals surface area contributed by atoms with Crippen LogP contribution in [0.3, 0.4) is 0 Å². The minimum absolute atomic E-state index is 0.774. The number of hydrogen-bond acceptors (Lipinski definition) is 0. The van der Waals surface area contributed by atoms with E-state index in [4.69, 9.17) is 0 Å². The molecular weight excluding hydrogens is 132 g/mol. The smallest absolute Gasteiger partial charge is 0.0298 e. The highest BCUT2D eigenvalue weighted by molar-refractivity contribution is 4.89. The van der Waals surface area contributed by atoms with E-state index in [0.717, 1.165) is 11.3 Å². The van der Waals surface area contributed by atoms with Crippen molar-refractivity contribution in [3.05, 3.63) is 0 Å². The van der Waals surface area contributed by atoms with Gasteiger partial charge in [-0.2, -0.15) is 0 Å². The van der Waals surface area contributed by atoms with Crippen LogP contribution in [0.5, 0.6) is 0 Å².